The zero-order valence-corrected chi connectivity index (χ0v) is 18.0. The van der Waals surface area contributed by atoms with Gasteiger partial charge in [-0.2, -0.15) is 4.31 Å². The van der Waals surface area contributed by atoms with Crippen LogP contribution in [0.5, 0.6) is 5.75 Å². The number of ether oxygens (including phenoxy) is 1. The summed E-state index contributed by atoms with van der Waals surface area (Å²) in [7, 11) is -0.200. The Hall–Kier alpha value is -2.38. The second-order valence-corrected chi connectivity index (χ2v) is 9.41. The molecular formula is C22H28N2O4S. The van der Waals surface area contributed by atoms with Crippen molar-refractivity contribution in [2.24, 2.45) is 5.92 Å². The lowest BCUT2D eigenvalue weighted by molar-refractivity contribution is -0.135. The summed E-state index contributed by atoms with van der Waals surface area (Å²) >= 11 is 0. The Labute approximate surface area is 173 Å². The highest BCUT2D eigenvalue weighted by molar-refractivity contribution is 7.89. The molecule has 1 saturated heterocycles. The van der Waals surface area contributed by atoms with E-state index in [-0.39, 0.29) is 16.7 Å². The van der Waals surface area contributed by atoms with Crippen LogP contribution in [0.15, 0.2) is 53.4 Å². The largest absolute Gasteiger partial charge is 0.497 e. The molecule has 1 amide bonds. The first-order valence-corrected chi connectivity index (χ1v) is 11.2. The highest BCUT2D eigenvalue weighted by Gasteiger charge is 2.33. The van der Waals surface area contributed by atoms with Gasteiger partial charge in [-0.25, -0.2) is 8.42 Å². The first-order chi connectivity index (χ1) is 13.8. The van der Waals surface area contributed by atoms with Gasteiger partial charge in [0.2, 0.25) is 15.9 Å². The lowest BCUT2D eigenvalue weighted by atomic mass is 9.96. The normalized spacial score (nSPS) is 15.8. The van der Waals surface area contributed by atoms with Crippen molar-refractivity contribution < 1.29 is 17.9 Å². The Kier molecular flexibility index (Phi) is 6.59. The van der Waals surface area contributed by atoms with Crippen molar-refractivity contribution in [3.05, 3.63) is 59.7 Å². The van der Waals surface area contributed by atoms with Gasteiger partial charge in [0.25, 0.3) is 0 Å². The lowest BCUT2D eigenvalue weighted by Crippen LogP contribution is -2.43. The molecule has 0 aliphatic carbocycles. The number of rotatable bonds is 6. The average Bonchev–Trinajstić information content (AvgIpc) is 2.75. The van der Waals surface area contributed by atoms with Gasteiger partial charge in [-0.1, -0.05) is 24.3 Å². The maximum absolute atomic E-state index is 12.9. The number of piperidine rings is 1. The summed E-state index contributed by atoms with van der Waals surface area (Å²) in [6.07, 6.45) is 1.07. The fourth-order valence-corrected chi connectivity index (χ4v) is 5.14. The number of carbonyl (C=O) groups is 1. The van der Waals surface area contributed by atoms with Crippen molar-refractivity contribution in [2.75, 3.05) is 27.2 Å². The minimum Gasteiger partial charge on any atom is -0.497 e. The Balaban J connectivity index is 1.60. The number of benzene rings is 2. The molecule has 6 nitrogen and oxygen atoms in total. The summed E-state index contributed by atoms with van der Waals surface area (Å²) < 4.78 is 32.3. The van der Waals surface area contributed by atoms with Gasteiger partial charge >= 0.3 is 0 Å². The van der Waals surface area contributed by atoms with Gasteiger partial charge in [0.15, 0.2) is 0 Å². The number of sulfonamides is 1. The number of nitrogens with zero attached hydrogens (tertiary/aromatic N) is 2. The molecule has 0 atom stereocenters. The standard InChI is InChI=1S/C22H28N2O4S/c1-17-6-4-5-7-19(17)16-23(2)22(25)18-12-14-24(15-13-18)29(26,27)21-10-8-20(28-3)9-11-21/h4-11,18H,12-16H2,1-3H3. The molecule has 0 aromatic heterocycles. The van der Waals surface area contributed by atoms with Crippen LogP contribution < -0.4 is 4.74 Å². The van der Waals surface area contributed by atoms with Crippen molar-refractivity contribution in [3.63, 3.8) is 0 Å². The van der Waals surface area contributed by atoms with E-state index >= 15 is 0 Å². The molecule has 7 heteroatoms. The predicted octanol–water partition coefficient (Wildman–Crippen LogP) is 3.06. The predicted molar refractivity (Wildman–Crippen MR) is 112 cm³/mol. The van der Waals surface area contributed by atoms with E-state index in [0.29, 0.717) is 38.2 Å². The number of amides is 1. The molecule has 3 rings (SSSR count). The van der Waals surface area contributed by atoms with Crippen molar-refractivity contribution in [3.8, 4) is 5.75 Å². The Morgan fingerprint density at radius 3 is 2.31 bits per heavy atom. The number of aryl methyl sites for hydroxylation is 1. The van der Waals surface area contributed by atoms with Gasteiger partial charge in [0, 0.05) is 32.6 Å². The Morgan fingerprint density at radius 1 is 1.10 bits per heavy atom. The molecule has 156 valence electrons. The summed E-state index contributed by atoms with van der Waals surface area (Å²) in [5, 5.41) is 0. The van der Waals surface area contributed by atoms with Crippen molar-refractivity contribution in [1.29, 1.82) is 0 Å². The number of hydrogen-bond acceptors (Lipinski definition) is 4. The summed E-state index contributed by atoms with van der Waals surface area (Å²) in [6, 6.07) is 14.4. The molecule has 0 bridgehead atoms. The summed E-state index contributed by atoms with van der Waals surface area (Å²) in [5.74, 6) is 0.547. The molecule has 1 aliphatic heterocycles. The highest BCUT2D eigenvalue weighted by atomic mass is 32.2. The molecule has 1 heterocycles. The third kappa shape index (κ3) is 4.79. The zero-order chi connectivity index (χ0) is 21.0. The van der Waals surface area contributed by atoms with E-state index in [1.165, 1.54) is 4.31 Å². The Bertz CT molecular complexity index is 949. The number of hydrogen-bond donors (Lipinski definition) is 0. The van der Waals surface area contributed by atoms with E-state index in [2.05, 4.69) is 0 Å². The minimum absolute atomic E-state index is 0.0785. The van der Waals surface area contributed by atoms with E-state index in [9.17, 15) is 13.2 Å². The summed E-state index contributed by atoms with van der Waals surface area (Å²) in [6.45, 7) is 3.30. The molecule has 29 heavy (non-hydrogen) atoms. The Morgan fingerprint density at radius 2 is 1.72 bits per heavy atom. The first kappa shape index (κ1) is 21.3. The second-order valence-electron chi connectivity index (χ2n) is 7.47. The van der Waals surface area contributed by atoms with E-state index in [0.717, 1.165) is 11.1 Å². The molecule has 0 N–H and O–H groups in total. The molecule has 0 radical (unpaired) electrons. The van der Waals surface area contributed by atoms with E-state index in [4.69, 9.17) is 4.74 Å². The molecular weight excluding hydrogens is 388 g/mol. The number of carbonyl (C=O) groups excluding carboxylic acids is 1. The third-order valence-electron chi connectivity index (χ3n) is 5.55. The SMILES string of the molecule is COc1ccc(S(=O)(=O)N2CCC(C(=O)N(C)Cc3ccccc3C)CC2)cc1. The molecule has 1 fully saturated rings. The number of methoxy groups -OCH3 is 1. The summed E-state index contributed by atoms with van der Waals surface area (Å²) in [5.41, 5.74) is 2.29. The smallest absolute Gasteiger partial charge is 0.243 e. The minimum atomic E-state index is -3.56. The van der Waals surface area contributed by atoms with Gasteiger partial charge < -0.3 is 9.64 Å². The van der Waals surface area contributed by atoms with Crippen LogP contribution in [-0.2, 0) is 21.4 Å². The summed E-state index contributed by atoms with van der Waals surface area (Å²) in [4.78, 5) is 14.9. The van der Waals surface area contributed by atoms with Gasteiger partial charge in [-0.3, -0.25) is 4.79 Å². The molecule has 2 aromatic carbocycles. The maximum atomic E-state index is 12.9. The van der Waals surface area contributed by atoms with Crippen molar-refractivity contribution in [1.82, 2.24) is 9.21 Å². The average molecular weight is 417 g/mol. The second kappa shape index (κ2) is 8.97. The van der Waals surface area contributed by atoms with Crippen LogP contribution in [0.25, 0.3) is 0 Å². The molecule has 0 saturated carbocycles. The topological polar surface area (TPSA) is 66.9 Å². The maximum Gasteiger partial charge on any atom is 0.243 e. The zero-order valence-electron chi connectivity index (χ0n) is 17.2. The molecule has 0 unspecified atom stereocenters. The van der Waals surface area contributed by atoms with Crippen LogP contribution >= 0.6 is 0 Å². The third-order valence-corrected chi connectivity index (χ3v) is 7.46. The van der Waals surface area contributed by atoms with Crippen LogP contribution in [0, 0.1) is 12.8 Å². The van der Waals surface area contributed by atoms with Crippen molar-refractivity contribution in [2.45, 2.75) is 31.2 Å². The highest BCUT2D eigenvalue weighted by Crippen LogP contribution is 2.26. The van der Waals surface area contributed by atoms with E-state index in [1.807, 2.05) is 38.2 Å². The fraction of sp³-hybridized carbons (Fsp3) is 0.409. The molecule has 2 aromatic rings. The molecule has 0 spiro atoms. The van der Waals surface area contributed by atoms with Gasteiger partial charge in [0.05, 0.1) is 12.0 Å². The van der Waals surface area contributed by atoms with E-state index < -0.39 is 10.0 Å². The first-order valence-electron chi connectivity index (χ1n) is 9.76. The van der Waals surface area contributed by atoms with Crippen LogP contribution in [-0.4, -0.2) is 50.8 Å². The van der Waals surface area contributed by atoms with E-state index in [1.54, 1.807) is 36.3 Å². The van der Waals surface area contributed by atoms with Crippen LogP contribution in [0.4, 0.5) is 0 Å². The van der Waals surface area contributed by atoms with Gasteiger partial charge in [-0.05, 0) is 55.2 Å². The van der Waals surface area contributed by atoms with Crippen LogP contribution in [0.2, 0.25) is 0 Å². The quantitative estimate of drug-likeness (QED) is 0.726. The van der Waals surface area contributed by atoms with Crippen molar-refractivity contribution >= 4 is 15.9 Å². The lowest BCUT2D eigenvalue weighted by Gasteiger charge is -2.32. The van der Waals surface area contributed by atoms with Crippen LogP contribution in [0.1, 0.15) is 24.0 Å². The monoisotopic (exact) mass is 416 g/mol. The molecule has 1 aliphatic rings. The van der Waals surface area contributed by atoms with Gasteiger partial charge in [0.1, 0.15) is 5.75 Å². The van der Waals surface area contributed by atoms with Gasteiger partial charge in [-0.15, -0.1) is 0 Å². The van der Waals surface area contributed by atoms with Crippen LogP contribution in [0.3, 0.4) is 0 Å². The fourth-order valence-electron chi connectivity index (χ4n) is 3.67.